The van der Waals surface area contributed by atoms with Gasteiger partial charge in [-0.15, -0.1) is 0 Å². The zero-order chi connectivity index (χ0) is 19.3. The number of anilines is 1. The third-order valence-electron chi connectivity index (χ3n) is 4.23. The number of para-hydroxylation sites is 2. The number of benzene rings is 2. The van der Waals surface area contributed by atoms with Crippen LogP contribution in [0.5, 0.6) is 5.75 Å². The van der Waals surface area contributed by atoms with E-state index in [9.17, 15) is 13.2 Å². The van der Waals surface area contributed by atoms with Crippen LogP contribution in [0.1, 0.15) is 31.7 Å². The molecule has 1 aliphatic rings. The molecule has 1 fully saturated rings. The van der Waals surface area contributed by atoms with Crippen molar-refractivity contribution in [3.63, 3.8) is 0 Å². The lowest BCUT2D eigenvalue weighted by Crippen LogP contribution is -2.25. The molecule has 0 spiro atoms. The molecule has 0 radical (unpaired) electrons. The molecular weight excluding hydrogens is 364 g/mol. The van der Waals surface area contributed by atoms with Gasteiger partial charge in [-0.05, 0) is 56.0 Å². The molecule has 2 aromatic rings. The summed E-state index contributed by atoms with van der Waals surface area (Å²) in [5, 5.41) is 2.86. The van der Waals surface area contributed by atoms with E-state index >= 15 is 0 Å². The van der Waals surface area contributed by atoms with Crippen LogP contribution in [-0.2, 0) is 21.2 Å². The fourth-order valence-electron chi connectivity index (χ4n) is 2.65. The molecule has 0 unspecified atom stereocenters. The fourth-order valence-corrected chi connectivity index (χ4v) is 3.95. The van der Waals surface area contributed by atoms with Crippen molar-refractivity contribution in [3.05, 3.63) is 54.1 Å². The summed E-state index contributed by atoms with van der Waals surface area (Å²) in [6.07, 6.45) is 2.63. The second-order valence-electron chi connectivity index (χ2n) is 6.52. The van der Waals surface area contributed by atoms with E-state index in [0.717, 1.165) is 18.4 Å². The van der Waals surface area contributed by atoms with E-state index in [1.165, 1.54) is 0 Å². The first-order chi connectivity index (χ1) is 13.0. The van der Waals surface area contributed by atoms with Crippen molar-refractivity contribution in [1.82, 2.24) is 4.72 Å². The molecule has 0 aromatic heterocycles. The maximum Gasteiger partial charge on any atom is 0.240 e. The van der Waals surface area contributed by atoms with Gasteiger partial charge in [-0.25, -0.2) is 13.1 Å². The highest BCUT2D eigenvalue weighted by molar-refractivity contribution is 7.89. The standard InChI is InChI=1S/C20H24N2O4S/c1-2-26-19-6-4-3-5-18(19)21-20(23)14-9-15-7-12-17(13-8-15)27(24,25)22-16-10-11-16/h3-8,12-13,16,22H,2,9-11,14H2,1H3,(H,21,23). The molecule has 0 bridgehead atoms. The summed E-state index contributed by atoms with van der Waals surface area (Å²) in [6.45, 7) is 2.42. The van der Waals surface area contributed by atoms with Crippen molar-refractivity contribution in [2.75, 3.05) is 11.9 Å². The number of amides is 1. The van der Waals surface area contributed by atoms with E-state index in [4.69, 9.17) is 4.74 Å². The van der Waals surface area contributed by atoms with E-state index in [2.05, 4.69) is 10.0 Å². The van der Waals surface area contributed by atoms with Crippen LogP contribution in [0.25, 0.3) is 0 Å². The van der Waals surface area contributed by atoms with Gasteiger partial charge in [-0.1, -0.05) is 24.3 Å². The van der Waals surface area contributed by atoms with Crippen LogP contribution >= 0.6 is 0 Å². The van der Waals surface area contributed by atoms with Crippen LogP contribution in [-0.4, -0.2) is 27.0 Å². The second kappa shape index (κ2) is 8.54. The largest absolute Gasteiger partial charge is 0.492 e. The smallest absolute Gasteiger partial charge is 0.240 e. The quantitative estimate of drug-likeness (QED) is 0.691. The van der Waals surface area contributed by atoms with Crippen molar-refractivity contribution >= 4 is 21.6 Å². The van der Waals surface area contributed by atoms with Crippen LogP contribution in [0.3, 0.4) is 0 Å². The number of carbonyl (C=O) groups is 1. The van der Waals surface area contributed by atoms with E-state index < -0.39 is 10.0 Å². The lowest BCUT2D eigenvalue weighted by atomic mass is 10.1. The Hall–Kier alpha value is -2.38. The van der Waals surface area contributed by atoms with Gasteiger partial charge in [-0.2, -0.15) is 0 Å². The van der Waals surface area contributed by atoms with E-state index in [0.29, 0.717) is 30.9 Å². The molecule has 2 aromatic carbocycles. The Kier molecular flexibility index (Phi) is 6.13. The van der Waals surface area contributed by atoms with Crippen molar-refractivity contribution < 1.29 is 17.9 Å². The van der Waals surface area contributed by atoms with Gasteiger partial charge < -0.3 is 10.1 Å². The second-order valence-corrected chi connectivity index (χ2v) is 8.23. The molecule has 144 valence electrons. The van der Waals surface area contributed by atoms with Crippen molar-refractivity contribution in [1.29, 1.82) is 0 Å². The van der Waals surface area contributed by atoms with Gasteiger partial charge in [0.25, 0.3) is 0 Å². The molecule has 2 N–H and O–H groups in total. The highest BCUT2D eigenvalue weighted by Gasteiger charge is 2.27. The molecule has 27 heavy (non-hydrogen) atoms. The maximum atomic E-state index is 12.2. The lowest BCUT2D eigenvalue weighted by molar-refractivity contribution is -0.116. The summed E-state index contributed by atoms with van der Waals surface area (Å²) < 4.78 is 32.5. The highest BCUT2D eigenvalue weighted by atomic mass is 32.2. The van der Waals surface area contributed by atoms with Gasteiger partial charge in [0.15, 0.2) is 0 Å². The summed E-state index contributed by atoms with van der Waals surface area (Å²) in [4.78, 5) is 12.5. The van der Waals surface area contributed by atoms with Gasteiger partial charge in [0.05, 0.1) is 17.2 Å². The number of hydrogen-bond donors (Lipinski definition) is 2. The molecule has 1 aliphatic carbocycles. The van der Waals surface area contributed by atoms with Crippen LogP contribution in [0.4, 0.5) is 5.69 Å². The highest BCUT2D eigenvalue weighted by Crippen LogP contribution is 2.24. The van der Waals surface area contributed by atoms with E-state index in [-0.39, 0.29) is 16.8 Å². The minimum Gasteiger partial charge on any atom is -0.492 e. The SMILES string of the molecule is CCOc1ccccc1NC(=O)CCc1ccc(S(=O)(=O)NC2CC2)cc1. The fraction of sp³-hybridized carbons (Fsp3) is 0.350. The molecule has 0 aliphatic heterocycles. The van der Waals surface area contributed by atoms with Gasteiger partial charge in [0.2, 0.25) is 15.9 Å². The molecule has 7 heteroatoms. The topological polar surface area (TPSA) is 84.5 Å². The van der Waals surface area contributed by atoms with Crippen molar-refractivity contribution in [3.8, 4) is 5.75 Å². The van der Waals surface area contributed by atoms with Gasteiger partial charge >= 0.3 is 0 Å². The summed E-state index contributed by atoms with van der Waals surface area (Å²) in [5.41, 5.74) is 1.56. The van der Waals surface area contributed by atoms with Crippen molar-refractivity contribution in [2.24, 2.45) is 0 Å². The van der Waals surface area contributed by atoms with E-state index in [1.54, 1.807) is 30.3 Å². The Morgan fingerprint density at radius 2 is 1.81 bits per heavy atom. The molecule has 1 saturated carbocycles. The molecule has 1 amide bonds. The Morgan fingerprint density at radius 1 is 1.11 bits per heavy atom. The van der Waals surface area contributed by atoms with Crippen LogP contribution in [0, 0.1) is 0 Å². The first kappa shape index (κ1) is 19.4. The average Bonchev–Trinajstić information content (AvgIpc) is 3.45. The number of carbonyl (C=O) groups excluding carboxylic acids is 1. The normalized spacial score (nSPS) is 14.0. The van der Waals surface area contributed by atoms with Crippen LogP contribution < -0.4 is 14.8 Å². The molecular formula is C20H24N2O4S. The summed E-state index contributed by atoms with van der Waals surface area (Å²) in [7, 11) is -3.44. The molecule has 3 rings (SSSR count). The van der Waals surface area contributed by atoms with Gasteiger partial charge in [0, 0.05) is 12.5 Å². The first-order valence-electron chi connectivity index (χ1n) is 9.11. The summed E-state index contributed by atoms with van der Waals surface area (Å²) in [5.74, 6) is 0.528. The number of ether oxygens (including phenoxy) is 1. The molecule has 6 nitrogen and oxygen atoms in total. The number of nitrogens with one attached hydrogen (secondary N) is 2. The van der Waals surface area contributed by atoms with Gasteiger partial charge in [0.1, 0.15) is 5.75 Å². The zero-order valence-electron chi connectivity index (χ0n) is 15.3. The third-order valence-corrected chi connectivity index (χ3v) is 5.77. The van der Waals surface area contributed by atoms with Gasteiger partial charge in [-0.3, -0.25) is 4.79 Å². The number of rotatable bonds is 9. The number of sulfonamides is 1. The minimum atomic E-state index is -3.44. The lowest BCUT2D eigenvalue weighted by Gasteiger charge is -2.11. The van der Waals surface area contributed by atoms with Crippen LogP contribution in [0.2, 0.25) is 0 Å². The van der Waals surface area contributed by atoms with E-state index in [1.807, 2.05) is 25.1 Å². The zero-order valence-corrected chi connectivity index (χ0v) is 16.1. The summed E-state index contributed by atoms with van der Waals surface area (Å²) >= 11 is 0. The molecule has 0 saturated heterocycles. The molecule has 0 heterocycles. The first-order valence-corrected chi connectivity index (χ1v) is 10.6. The monoisotopic (exact) mass is 388 g/mol. The summed E-state index contributed by atoms with van der Waals surface area (Å²) in [6, 6.07) is 14.1. The van der Waals surface area contributed by atoms with Crippen LogP contribution in [0.15, 0.2) is 53.4 Å². The maximum absolute atomic E-state index is 12.2. The predicted octanol–water partition coefficient (Wildman–Crippen LogP) is 3.10. The Balaban J connectivity index is 1.54. The molecule has 0 atom stereocenters. The minimum absolute atomic E-state index is 0.0814. The predicted molar refractivity (Wildman–Crippen MR) is 104 cm³/mol. The Labute approximate surface area is 160 Å². The number of hydrogen-bond acceptors (Lipinski definition) is 4. The number of aryl methyl sites for hydroxylation is 1. The Bertz CT molecular complexity index is 890. The van der Waals surface area contributed by atoms with Crippen molar-refractivity contribution in [2.45, 2.75) is 43.5 Å². The Morgan fingerprint density at radius 3 is 2.48 bits per heavy atom. The third kappa shape index (κ3) is 5.55. The average molecular weight is 388 g/mol.